The molecule has 0 spiro atoms. The fourth-order valence-corrected chi connectivity index (χ4v) is 2.08. The highest BCUT2D eigenvalue weighted by Crippen LogP contribution is 2.31. The zero-order valence-corrected chi connectivity index (χ0v) is 11.9. The van der Waals surface area contributed by atoms with Gasteiger partial charge in [0.25, 0.3) is 0 Å². The van der Waals surface area contributed by atoms with Crippen molar-refractivity contribution >= 4 is 16.9 Å². The van der Waals surface area contributed by atoms with Crippen LogP contribution in [0, 0.1) is 0 Å². The van der Waals surface area contributed by atoms with Crippen LogP contribution in [0.4, 0.5) is 13.2 Å². The number of rotatable bonds is 3. The number of carbonyl (C=O) groups excluding carboxylic acids is 1. The van der Waals surface area contributed by atoms with Gasteiger partial charge in [-0.1, -0.05) is 32.5 Å². The van der Waals surface area contributed by atoms with Crippen molar-refractivity contribution in [3.05, 3.63) is 11.8 Å². The van der Waals surface area contributed by atoms with E-state index in [1.54, 1.807) is 0 Å². The molecule has 0 aliphatic rings. The van der Waals surface area contributed by atoms with Crippen molar-refractivity contribution in [1.82, 2.24) is 9.78 Å². The van der Waals surface area contributed by atoms with E-state index in [9.17, 15) is 18.0 Å². The molecule has 0 N–H and O–H groups in total. The van der Waals surface area contributed by atoms with Crippen LogP contribution in [0.2, 0.25) is 0 Å². The molecule has 1 rings (SSSR count). The minimum Gasteiger partial charge on any atom is -0.468 e. The number of ether oxygens (including phenoxy) is 1. The molecule has 0 atom stereocenters. The van der Waals surface area contributed by atoms with E-state index in [0.29, 0.717) is 4.68 Å². The van der Waals surface area contributed by atoms with Gasteiger partial charge in [-0.15, -0.1) is 5.10 Å². The Morgan fingerprint density at radius 1 is 1.42 bits per heavy atom. The van der Waals surface area contributed by atoms with E-state index in [4.69, 9.17) is 4.74 Å². The Labute approximate surface area is 113 Å². The fraction of sp³-hybridized carbons (Fsp3) is 0.636. The summed E-state index contributed by atoms with van der Waals surface area (Å²) in [4.78, 5) is 11.5. The van der Waals surface area contributed by atoms with Crippen molar-refractivity contribution in [3.8, 4) is 5.88 Å². The van der Waals surface area contributed by atoms with Gasteiger partial charge in [-0.3, -0.25) is 9.48 Å². The first-order valence-corrected chi connectivity index (χ1v) is 6.26. The summed E-state index contributed by atoms with van der Waals surface area (Å²) in [5.41, 5.74) is -0.918. The van der Waals surface area contributed by atoms with Gasteiger partial charge in [-0.05, 0) is 0 Å². The van der Waals surface area contributed by atoms with Crippen molar-refractivity contribution in [2.75, 3.05) is 6.61 Å². The number of halogens is 3. The molecule has 0 fully saturated rings. The molecule has 0 unspecified atom stereocenters. The number of hydrogen-bond acceptors (Lipinski definition) is 4. The summed E-state index contributed by atoms with van der Waals surface area (Å²) in [7, 11) is 1.17. The van der Waals surface area contributed by atoms with Gasteiger partial charge in [-0.2, -0.15) is 13.2 Å². The summed E-state index contributed by atoms with van der Waals surface area (Å²) in [6.07, 6.45) is -4.49. The maximum absolute atomic E-state index is 12.5. The number of alkyl halides is 3. The summed E-state index contributed by atoms with van der Waals surface area (Å²) in [6, 6.07) is 0.773. The molecular weight excluding hydrogens is 281 g/mol. The third kappa shape index (κ3) is 5.14. The number of aromatic nitrogens is 2. The first-order chi connectivity index (χ1) is 8.49. The summed E-state index contributed by atoms with van der Waals surface area (Å²) in [5, 5.41) is 3.30. The zero-order valence-electron chi connectivity index (χ0n) is 11.0. The summed E-state index contributed by atoms with van der Waals surface area (Å²) in [6.45, 7) is 5.27. The van der Waals surface area contributed by atoms with Crippen LogP contribution in [0.15, 0.2) is 6.07 Å². The SMILES string of the molecule is Cn1nc(OCC(=O)SC(C)(C)C)cc1C(F)(F)F. The molecule has 0 aliphatic carbocycles. The van der Waals surface area contributed by atoms with Gasteiger partial charge in [0, 0.05) is 17.9 Å². The first-order valence-electron chi connectivity index (χ1n) is 5.45. The van der Waals surface area contributed by atoms with Crippen molar-refractivity contribution in [2.45, 2.75) is 31.7 Å². The lowest BCUT2D eigenvalue weighted by molar-refractivity contribution is -0.143. The van der Waals surface area contributed by atoms with E-state index in [2.05, 4.69) is 5.10 Å². The molecule has 0 aromatic carbocycles. The molecule has 8 heteroatoms. The smallest absolute Gasteiger partial charge is 0.433 e. The minimum absolute atomic E-state index is 0.210. The molecule has 0 aliphatic heterocycles. The predicted octanol–water partition coefficient (Wildman–Crippen LogP) is 2.88. The second kappa shape index (κ2) is 5.44. The van der Waals surface area contributed by atoms with E-state index < -0.39 is 11.9 Å². The minimum atomic E-state index is -4.49. The Hall–Kier alpha value is -1.18. The molecule has 19 heavy (non-hydrogen) atoms. The molecule has 0 amide bonds. The Morgan fingerprint density at radius 3 is 2.42 bits per heavy atom. The van der Waals surface area contributed by atoms with Gasteiger partial charge >= 0.3 is 6.18 Å². The van der Waals surface area contributed by atoms with Gasteiger partial charge < -0.3 is 4.74 Å². The molecule has 1 aromatic heterocycles. The molecule has 0 saturated carbocycles. The summed E-state index contributed by atoms with van der Waals surface area (Å²) < 4.78 is 42.9. The largest absolute Gasteiger partial charge is 0.468 e. The lowest BCUT2D eigenvalue weighted by Crippen LogP contribution is -2.16. The van der Waals surface area contributed by atoms with Gasteiger partial charge in [0.05, 0.1) is 0 Å². The third-order valence-corrected chi connectivity index (χ3v) is 2.86. The highest BCUT2D eigenvalue weighted by Gasteiger charge is 2.35. The zero-order chi connectivity index (χ0) is 14.8. The number of nitrogens with zero attached hydrogens (tertiary/aromatic N) is 2. The van der Waals surface area contributed by atoms with Crippen LogP contribution in [0.25, 0.3) is 0 Å². The molecule has 0 saturated heterocycles. The summed E-state index contributed by atoms with van der Waals surface area (Å²) >= 11 is 1.07. The highest BCUT2D eigenvalue weighted by molar-refractivity contribution is 8.14. The number of hydrogen-bond donors (Lipinski definition) is 0. The van der Waals surface area contributed by atoms with Crippen molar-refractivity contribution in [1.29, 1.82) is 0 Å². The highest BCUT2D eigenvalue weighted by atomic mass is 32.2. The number of aryl methyl sites for hydroxylation is 1. The topological polar surface area (TPSA) is 44.1 Å². The quantitative estimate of drug-likeness (QED) is 0.860. The monoisotopic (exact) mass is 296 g/mol. The van der Waals surface area contributed by atoms with Crippen LogP contribution in [-0.4, -0.2) is 26.2 Å². The third-order valence-electron chi connectivity index (χ3n) is 1.91. The fourth-order valence-electron chi connectivity index (χ4n) is 1.28. The van der Waals surface area contributed by atoms with Gasteiger partial charge in [0.1, 0.15) is 5.69 Å². The molecule has 4 nitrogen and oxygen atoms in total. The Kier molecular flexibility index (Phi) is 4.54. The summed E-state index contributed by atoms with van der Waals surface area (Å²) in [5.74, 6) is -0.210. The van der Waals surface area contributed by atoms with Gasteiger partial charge in [0.15, 0.2) is 6.61 Å². The van der Waals surface area contributed by atoms with E-state index >= 15 is 0 Å². The predicted molar refractivity (Wildman–Crippen MR) is 66.1 cm³/mol. The normalized spacial score (nSPS) is 12.6. The van der Waals surface area contributed by atoms with E-state index in [1.807, 2.05) is 20.8 Å². The average molecular weight is 296 g/mol. The van der Waals surface area contributed by atoms with Crippen molar-refractivity contribution < 1.29 is 22.7 Å². The second-order valence-corrected chi connectivity index (χ2v) is 6.75. The molecule has 0 bridgehead atoms. The van der Waals surface area contributed by atoms with Crippen LogP contribution in [0.3, 0.4) is 0 Å². The Balaban J connectivity index is 2.63. The van der Waals surface area contributed by atoms with Crippen molar-refractivity contribution in [2.24, 2.45) is 7.05 Å². The molecule has 1 heterocycles. The van der Waals surface area contributed by atoms with Crippen LogP contribution < -0.4 is 4.74 Å². The molecular formula is C11H15F3N2O2S. The molecule has 0 radical (unpaired) electrons. The maximum atomic E-state index is 12.5. The number of carbonyl (C=O) groups is 1. The van der Waals surface area contributed by atoms with E-state index in [0.717, 1.165) is 17.8 Å². The van der Waals surface area contributed by atoms with Gasteiger partial charge in [0.2, 0.25) is 11.0 Å². The van der Waals surface area contributed by atoms with Gasteiger partial charge in [-0.25, -0.2) is 0 Å². The van der Waals surface area contributed by atoms with Crippen LogP contribution in [0.5, 0.6) is 5.88 Å². The first kappa shape index (κ1) is 15.9. The Bertz CT molecular complexity index is 463. The lowest BCUT2D eigenvalue weighted by atomic mass is 10.3. The van der Waals surface area contributed by atoms with E-state index in [-0.39, 0.29) is 22.3 Å². The number of thioether (sulfide) groups is 1. The van der Waals surface area contributed by atoms with Crippen molar-refractivity contribution in [3.63, 3.8) is 0 Å². The van der Waals surface area contributed by atoms with E-state index in [1.165, 1.54) is 7.05 Å². The van der Waals surface area contributed by atoms with Crippen LogP contribution in [-0.2, 0) is 18.0 Å². The van der Waals surface area contributed by atoms with Crippen LogP contribution >= 0.6 is 11.8 Å². The molecule has 108 valence electrons. The lowest BCUT2D eigenvalue weighted by Gasteiger charge is -2.15. The Morgan fingerprint density at radius 2 is 2.00 bits per heavy atom. The van der Waals surface area contributed by atoms with Crippen LogP contribution in [0.1, 0.15) is 26.5 Å². The second-order valence-electron chi connectivity index (χ2n) is 4.86. The molecule has 1 aromatic rings. The average Bonchev–Trinajstić information content (AvgIpc) is 2.53. The standard InChI is InChI=1S/C11H15F3N2O2S/c1-10(2,3)19-9(17)6-18-8-5-7(11(12,13)14)16(4)15-8/h5H,6H2,1-4H3. The maximum Gasteiger partial charge on any atom is 0.433 e.